The maximum Gasteiger partial charge on any atom is 0.270 e. The lowest BCUT2D eigenvalue weighted by Crippen LogP contribution is -2.49. The van der Waals surface area contributed by atoms with Crippen LogP contribution in [0.3, 0.4) is 0 Å². The van der Waals surface area contributed by atoms with Gasteiger partial charge in [-0.1, -0.05) is 0 Å². The van der Waals surface area contributed by atoms with E-state index in [4.69, 9.17) is 4.74 Å². The summed E-state index contributed by atoms with van der Waals surface area (Å²) < 4.78 is 29.8. The van der Waals surface area contributed by atoms with E-state index in [0.717, 1.165) is 5.01 Å². The molecule has 1 aliphatic rings. The summed E-state index contributed by atoms with van der Waals surface area (Å²) in [5.41, 5.74) is 0.378. The van der Waals surface area contributed by atoms with Crippen LogP contribution in [0, 0.1) is 6.92 Å². The summed E-state index contributed by atoms with van der Waals surface area (Å²) in [5, 5.41) is 5.23. The van der Waals surface area contributed by atoms with Crippen molar-refractivity contribution in [2.24, 2.45) is 0 Å². The van der Waals surface area contributed by atoms with Gasteiger partial charge in [0.2, 0.25) is 10.0 Å². The highest BCUT2D eigenvalue weighted by molar-refractivity contribution is 7.88. The lowest BCUT2D eigenvalue weighted by Gasteiger charge is -2.31. The number of hydrogen-bond donors (Lipinski definition) is 1. The summed E-state index contributed by atoms with van der Waals surface area (Å²) in [7, 11) is -3.22. The fourth-order valence-corrected chi connectivity index (χ4v) is 3.32. The number of carbonyl (C=O) groups is 1. The zero-order valence-corrected chi connectivity index (χ0v) is 13.0. The molecule has 0 saturated carbocycles. The summed E-state index contributed by atoms with van der Waals surface area (Å²) in [6.45, 7) is 3.05. The standard InChI is InChI=1S/C11H17N3O4S2/c1-8-13-10(7-19-8)11(15)12-5-9-6-14(3-4-18-9)20(2,16)17/h7,9H,3-6H2,1-2H3,(H,12,15). The molecule has 7 nitrogen and oxygen atoms in total. The Morgan fingerprint density at radius 1 is 1.65 bits per heavy atom. The summed E-state index contributed by atoms with van der Waals surface area (Å²) >= 11 is 1.41. The summed E-state index contributed by atoms with van der Waals surface area (Å²) in [4.78, 5) is 15.9. The number of hydrogen-bond acceptors (Lipinski definition) is 6. The molecular formula is C11H17N3O4S2. The highest BCUT2D eigenvalue weighted by Gasteiger charge is 2.26. The number of amides is 1. The molecule has 1 fully saturated rings. The van der Waals surface area contributed by atoms with E-state index < -0.39 is 10.0 Å². The van der Waals surface area contributed by atoms with Crippen LogP contribution in [0.15, 0.2) is 5.38 Å². The predicted molar refractivity (Wildman–Crippen MR) is 75.3 cm³/mol. The zero-order valence-electron chi connectivity index (χ0n) is 11.3. The summed E-state index contributed by atoms with van der Waals surface area (Å²) in [5.74, 6) is -0.269. The van der Waals surface area contributed by atoms with Gasteiger partial charge in [-0.3, -0.25) is 4.79 Å². The van der Waals surface area contributed by atoms with E-state index in [2.05, 4.69) is 10.3 Å². The number of thiazole rings is 1. The third kappa shape index (κ3) is 3.98. The number of nitrogens with zero attached hydrogens (tertiary/aromatic N) is 2. The van der Waals surface area contributed by atoms with Gasteiger partial charge >= 0.3 is 0 Å². The van der Waals surface area contributed by atoms with Crippen molar-refractivity contribution in [3.8, 4) is 0 Å². The molecule has 1 unspecified atom stereocenters. The van der Waals surface area contributed by atoms with Crippen molar-refractivity contribution in [3.63, 3.8) is 0 Å². The molecule has 1 N–H and O–H groups in total. The van der Waals surface area contributed by atoms with Crippen LogP contribution in [0.1, 0.15) is 15.5 Å². The van der Waals surface area contributed by atoms with Gasteiger partial charge in [0, 0.05) is 25.0 Å². The normalized spacial score (nSPS) is 20.8. The first-order valence-corrected chi connectivity index (χ1v) is 8.86. The van der Waals surface area contributed by atoms with Crippen LogP contribution in [0.4, 0.5) is 0 Å². The Kier molecular flexibility index (Phi) is 4.74. The first-order valence-electron chi connectivity index (χ1n) is 6.13. The van der Waals surface area contributed by atoms with E-state index in [9.17, 15) is 13.2 Å². The van der Waals surface area contributed by atoms with Crippen LogP contribution in [0.25, 0.3) is 0 Å². The molecule has 0 spiro atoms. The minimum absolute atomic E-state index is 0.259. The van der Waals surface area contributed by atoms with Crippen molar-refractivity contribution >= 4 is 27.3 Å². The lowest BCUT2D eigenvalue weighted by atomic mass is 10.3. The van der Waals surface area contributed by atoms with Crippen molar-refractivity contribution in [2.75, 3.05) is 32.5 Å². The molecule has 1 saturated heterocycles. The molecule has 1 aromatic heterocycles. The second-order valence-corrected chi connectivity index (χ2v) is 7.62. The lowest BCUT2D eigenvalue weighted by molar-refractivity contribution is 0.000415. The number of aromatic nitrogens is 1. The summed E-state index contributed by atoms with van der Waals surface area (Å²) in [6, 6.07) is 0. The van der Waals surface area contributed by atoms with E-state index in [0.29, 0.717) is 18.8 Å². The van der Waals surface area contributed by atoms with Gasteiger partial charge in [0.15, 0.2) is 0 Å². The van der Waals surface area contributed by atoms with Gasteiger partial charge < -0.3 is 10.1 Å². The molecule has 0 aromatic carbocycles. The second kappa shape index (κ2) is 6.17. The highest BCUT2D eigenvalue weighted by Crippen LogP contribution is 2.10. The van der Waals surface area contributed by atoms with Crippen LogP contribution in [-0.2, 0) is 14.8 Å². The van der Waals surface area contributed by atoms with E-state index in [1.807, 2.05) is 6.92 Å². The molecule has 112 valence electrons. The molecule has 0 radical (unpaired) electrons. The Labute approximate surface area is 122 Å². The third-order valence-electron chi connectivity index (χ3n) is 2.91. The highest BCUT2D eigenvalue weighted by atomic mass is 32.2. The zero-order chi connectivity index (χ0) is 14.8. The minimum atomic E-state index is -3.22. The maximum absolute atomic E-state index is 11.8. The van der Waals surface area contributed by atoms with E-state index in [1.54, 1.807) is 5.38 Å². The largest absolute Gasteiger partial charge is 0.374 e. The number of rotatable bonds is 4. The molecule has 2 rings (SSSR count). The topological polar surface area (TPSA) is 88.6 Å². The van der Waals surface area contributed by atoms with Crippen LogP contribution >= 0.6 is 11.3 Å². The molecule has 1 aromatic rings. The fraction of sp³-hybridized carbons (Fsp3) is 0.636. The molecule has 1 atom stereocenters. The van der Waals surface area contributed by atoms with E-state index in [-0.39, 0.29) is 25.1 Å². The van der Waals surface area contributed by atoms with Crippen molar-refractivity contribution < 1.29 is 17.9 Å². The SMILES string of the molecule is Cc1nc(C(=O)NCC2CN(S(C)(=O)=O)CCO2)cs1. The van der Waals surface area contributed by atoms with Gasteiger partial charge in [-0.15, -0.1) is 11.3 Å². The third-order valence-corrected chi connectivity index (χ3v) is 4.96. The average Bonchev–Trinajstić information content (AvgIpc) is 2.82. The number of nitrogens with one attached hydrogen (secondary N) is 1. The second-order valence-electron chi connectivity index (χ2n) is 4.58. The Bertz CT molecular complexity index is 584. The molecule has 2 heterocycles. The smallest absolute Gasteiger partial charge is 0.270 e. The van der Waals surface area contributed by atoms with Crippen molar-refractivity contribution in [1.29, 1.82) is 0 Å². The van der Waals surface area contributed by atoms with Gasteiger partial charge in [0.1, 0.15) is 5.69 Å². The Hall–Kier alpha value is -1.03. The molecule has 0 bridgehead atoms. The van der Waals surface area contributed by atoms with Gasteiger partial charge in [0.25, 0.3) is 5.91 Å². The number of carbonyl (C=O) groups excluding carboxylic acids is 1. The van der Waals surface area contributed by atoms with Crippen LogP contribution < -0.4 is 5.32 Å². The summed E-state index contributed by atoms with van der Waals surface area (Å²) in [6.07, 6.45) is 0.841. The average molecular weight is 319 g/mol. The van der Waals surface area contributed by atoms with Gasteiger partial charge in [-0.25, -0.2) is 13.4 Å². The number of sulfonamides is 1. The fourth-order valence-electron chi connectivity index (χ4n) is 1.88. The number of aryl methyl sites for hydroxylation is 1. The predicted octanol–water partition coefficient (Wildman–Crippen LogP) is -0.158. The van der Waals surface area contributed by atoms with Crippen molar-refractivity contribution in [3.05, 3.63) is 16.1 Å². The molecule has 0 aliphatic carbocycles. The Balaban J connectivity index is 1.86. The Morgan fingerprint density at radius 2 is 2.40 bits per heavy atom. The molecule has 1 amide bonds. The van der Waals surface area contributed by atoms with Gasteiger partial charge in [0.05, 0.1) is 24.0 Å². The van der Waals surface area contributed by atoms with Crippen molar-refractivity contribution in [1.82, 2.24) is 14.6 Å². The van der Waals surface area contributed by atoms with Gasteiger partial charge in [-0.2, -0.15) is 4.31 Å². The first kappa shape index (κ1) is 15.4. The number of morpholine rings is 1. The van der Waals surface area contributed by atoms with Gasteiger partial charge in [-0.05, 0) is 6.92 Å². The quantitative estimate of drug-likeness (QED) is 0.833. The van der Waals surface area contributed by atoms with Crippen molar-refractivity contribution in [2.45, 2.75) is 13.0 Å². The van der Waals surface area contributed by atoms with E-state index in [1.165, 1.54) is 21.9 Å². The minimum Gasteiger partial charge on any atom is -0.374 e. The van der Waals surface area contributed by atoms with Crippen LogP contribution in [0.2, 0.25) is 0 Å². The first-order chi connectivity index (χ1) is 9.36. The molecule has 1 aliphatic heterocycles. The maximum atomic E-state index is 11.8. The molecule has 9 heteroatoms. The Morgan fingerprint density at radius 3 is 3.00 bits per heavy atom. The monoisotopic (exact) mass is 319 g/mol. The number of ether oxygens (including phenoxy) is 1. The van der Waals surface area contributed by atoms with Crippen LogP contribution in [0.5, 0.6) is 0 Å². The molecule has 20 heavy (non-hydrogen) atoms. The molecular weight excluding hydrogens is 302 g/mol. The van der Waals surface area contributed by atoms with Crippen LogP contribution in [-0.4, -0.2) is 62.2 Å². The van der Waals surface area contributed by atoms with E-state index >= 15 is 0 Å².